The van der Waals surface area contributed by atoms with Crippen LogP contribution in [0.15, 0.2) is 24.3 Å². The van der Waals surface area contributed by atoms with Crippen molar-refractivity contribution < 1.29 is 5.11 Å². The molecule has 0 aliphatic heterocycles. The van der Waals surface area contributed by atoms with Crippen LogP contribution in [-0.2, 0) is 0 Å². The zero-order chi connectivity index (χ0) is 9.78. The van der Waals surface area contributed by atoms with Crippen molar-refractivity contribution >= 4 is 0 Å². The van der Waals surface area contributed by atoms with Crippen molar-refractivity contribution in [1.29, 1.82) is 0 Å². The lowest BCUT2D eigenvalue weighted by Crippen LogP contribution is -1.82. The van der Waals surface area contributed by atoms with Gasteiger partial charge < -0.3 is 5.11 Å². The first-order valence-corrected chi connectivity index (χ1v) is 5.30. The lowest BCUT2D eigenvalue weighted by atomic mass is 10.1. The third kappa shape index (κ3) is 11.4. The molecule has 0 atom stereocenters. The Bertz CT molecular complexity index is 136. The van der Waals surface area contributed by atoms with E-state index in [1.54, 1.807) is 0 Å². The number of hydrogen-bond acceptors (Lipinski definition) is 1. The van der Waals surface area contributed by atoms with Crippen molar-refractivity contribution in [1.82, 2.24) is 0 Å². The van der Waals surface area contributed by atoms with Crippen molar-refractivity contribution in [3.05, 3.63) is 24.3 Å². The fourth-order valence-corrected chi connectivity index (χ4v) is 1.19. The first-order valence-electron chi connectivity index (χ1n) is 5.30. The monoisotopic (exact) mass is 182 g/mol. The molecule has 1 nitrogen and oxygen atoms in total. The number of aliphatic hydroxyl groups is 1. The lowest BCUT2D eigenvalue weighted by Gasteiger charge is -1.96. The molecule has 0 aliphatic rings. The zero-order valence-electron chi connectivity index (χ0n) is 8.71. The van der Waals surface area contributed by atoms with E-state index in [1.807, 2.05) is 13.0 Å². The van der Waals surface area contributed by atoms with Crippen LogP contribution in [0, 0.1) is 0 Å². The van der Waals surface area contributed by atoms with Crippen LogP contribution < -0.4 is 0 Å². The average molecular weight is 182 g/mol. The summed E-state index contributed by atoms with van der Waals surface area (Å²) >= 11 is 0. The summed E-state index contributed by atoms with van der Waals surface area (Å²) in [6.45, 7) is 2.38. The van der Waals surface area contributed by atoms with Gasteiger partial charge in [0.25, 0.3) is 0 Å². The summed E-state index contributed by atoms with van der Waals surface area (Å²) in [5, 5.41) is 8.55. The normalized spacial score (nSPS) is 11.8. The molecule has 0 spiro atoms. The third-order valence-electron chi connectivity index (χ3n) is 1.97. The molecule has 0 bridgehead atoms. The highest BCUT2D eigenvalue weighted by atomic mass is 16.2. The molecule has 0 aromatic heterocycles. The van der Waals surface area contributed by atoms with Gasteiger partial charge in [-0.3, -0.25) is 0 Å². The van der Waals surface area contributed by atoms with Gasteiger partial charge in [-0.1, -0.05) is 43.6 Å². The highest BCUT2D eigenvalue weighted by Gasteiger charge is 1.87. The Morgan fingerprint density at radius 1 is 0.923 bits per heavy atom. The highest BCUT2D eigenvalue weighted by molar-refractivity contribution is 5.00. The molecule has 1 heteroatoms. The summed E-state index contributed by atoms with van der Waals surface area (Å²) in [6, 6.07) is 0. The molecule has 0 rings (SSSR count). The lowest BCUT2D eigenvalue weighted by molar-refractivity contribution is 0.282. The van der Waals surface area contributed by atoms with Crippen LogP contribution >= 0.6 is 0 Å². The minimum atomic E-state index is 0.348. The molecular weight excluding hydrogens is 160 g/mol. The Morgan fingerprint density at radius 3 is 2.31 bits per heavy atom. The molecule has 0 aliphatic carbocycles. The van der Waals surface area contributed by atoms with Gasteiger partial charge in [0, 0.05) is 6.61 Å². The SMILES string of the molecule is C/C=C\C=C/CCCCCCCO. The zero-order valence-corrected chi connectivity index (χ0v) is 8.71. The van der Waals surface area contributed by atoms with E-state index in [4.69, 9.17) is 5.11 Å². The maximum atomic E-state index is 8.55. The van der Waals surface area contributed by atoms with Gasteiger partial charge in [-0.15, -0.1) is 0 Å². The van der Waals surface area contributed by atoms with Crippen LogP contribution in [-0.4, -0.2) is 11.7 Å². The molecule has 0 aromatic rings. The summed E-state index contributed by atoms with van der Waals surface area (Å²) in [6.07, 6.45) is 15.6. The largest absolute Gasteiger partial charge is 0.396 e. The summed E-state index contributed by atoms with van der Waals surface area (Å²) in [5.41, 5.74) is 0. The van der Waals surface area contributed by atoms with E-state index in [1.165, 1.54) is 32.1 Å². The Balaban J connectivity index is 2.99. The number of unbranched alkanes of at least 4 members (excludes halogenated alkanes) is 5. The van der Waals surface area contributed by atoms with Gasteiger partial charge in [-0.05, 0) is 26.2 Å². The summed E-state index contributed by atoms with van der Waals surface area (Å²) in [7, 11) is 0. The maximum absolute atomic E-state index is 8.55. The van der Waals surface area contributed by atoms with Gasteiger partial charge in [0.2, 0.25) is 0 Å². The predicted molar refractivity (Wildman–Crippen MR) is 58.7 cm³/mol. The standard InChI is InChI=1S/C12H22O/c1-2-3-4-5-6-7-8-9-10-11-12-13/h2-5,13H,6-12H2,1H3/b3-2-,5-4-. The maximum Gasteiger partial charge on any atom is 0.0431 e. The Kier molecular flexibility index (Phi) is 10.9. The molecule has 0 unspecified atom stereocenters. The minimum Gasteiger partial charge on any atom is -0.396 e. The molecular formula is C12H22O. The average Bonchev–Trinajstić information content (AvgIpc) is 2.16. The van der Waals surface area contributed by atoms with E-state index in [2.05, 4.69) is 18.2 Å². The fraction of sp³-hybridized carbons (Fsp3) is 0.667. The van der Waals surface area contributed by atoms with Gasteiger partial charge >= 0.3 is 0 Å². The number of hydrogen-bond donors (Lipinski definition) is 1. The summed E-state index contributed by atoms with van der Waals surface area (Å²) in [5.74, 6) is 0. The van der Waals surface area contributed by atoms with Crippen molar-refractivity contribution in [3.8, 4) is 0 Å². The summed E-state index contributed by atoms with van der Waals surface area (Å²) < 4.78 is 0. The first-order chi connectivity index (χ1) is 6.41. The van der Waals surface area contributed by atoms with Gasteiger partial charge in [0.05, 0.1) is 0 Å². The van der Waals surface area contributed by atoms with E-state index in [0.717, 1.165) is 6.42 Å². The molecule has 1 N–H and O–H groups in total. The molecule has 0 heterocycles. The number of aliphatic hydroxyl groups excluding tert-OH is 1. The topological polar surface area (TPSA) is 20.2 Å². The second kappa shape index (κ2) is 11.4. The van der Waals surface area contributed by atoms with Crippen LogP contribution in [0.5, 0.6) is 0 Å². The van der Waals surface area contributed by atoms with Crippen LogP contribution in [0.1, 0.15) is 45.4 Å². The number of allylic oxidation sites excluding steroid dienone is 4. The van der Waals surface area contributed by atoms with E-state index in [-0.39, 0.29) is 0 Å². The smallest absolute Gasteiger partial charge is 0.0431 e. The molecule has 0 radical (unpaired) electrons. The van der Waals surface area contributed by atoms with Crippen LogP contribution in [0.25, 0.3) is 0 Å². The fourth-order valence-electron chi connectivity index (χ4n) is 1.19. The molecule has 0 amide bonds. The van der Waals surface area contributed by atoms with Crippen molar-refractivity contribution in [3.63, 3.8) is 0 Å². The Labute approximate surface area is 82.2 Å². The minimum absolute atomic E-state index is 0.348. The molecule has 0 saturated carbocycles. The van der Waals surface area contributed by atoms with Gasteiger partial charge in [0.15, 0.2) is 0 Å². The first kappa shape index (κ1) is 12.4. The molecule has 0 aromatic carbocycles. The predicted octanol–water partition coefficient (Wildman–Crippen LogP) is 3.45. The van der Waals surface area contributed by atoms with E-state index in [9.17, 15) is 0 Å². The van der Waals surface area contributed by atoms with Gasteiger partial charge in [-0.2, -0.15) is 0 Å². The molecule has 0 fully saturated rings. The molecule has 76 valence electrons. The van der Waals surface area contributed by atoms with Gasteiger partial charge in [0.1, 0.15) is 0 Å². The van der Waals surface area contributed by atoms with Crippen LogP contribution in [0.3, 0.4) is 0 Å². The second-order valence-electron chi connectivity index (χ2n) is 3.23. The van der Waals surface area contributed by atoms with Crippen molar-refractivity contribution in [2.45, 2.75) is 45.4 Å². The molecule has 0 saturated heterocycles. The van der Waals surface area contributed by atoms with Crippen molar-refractivity contribution in [2.75, 3.05) is 6.61 Å². The molecule has 13 heavy (non-hydrogen) atoms. The second-order valence-corrected chi connectivity index (χ2v) is 3.23. The Hall–Kier alpha value is -0.560. The van der Waals surface area contributed by atoms with Crippen LogP contribution in [0.2, 0.25) is 0 Å². The number of rotatable bonds is 8. The Morgan fingerprint density at radius 2 is 1.62 bits per heavy atom. The van der Waals surface area contributed by atoms with E-state index >= 15 is 0 Å². The summed E-state index contributed by atoms with van der Waals surface area (Å²) in [4.78, 5) is 0. The van der Waals surface area contributed by atoms with Gasteiger partial charge in [-0.25, -0.2) is 0 Å². The quantitative estimate of drug-likeness (QED) is 0.450. The van der Waals surface area contributed by atoms with E-state index in [0.29, 0.717) is 6.61 Å². The van der Waals surface area contributed by atoms with E-state index < -0.39 is 0 Å². The highest BCUT2D eigenvalue weighted by Crippen LogP contribution is 2.05. The van der Waals surface area contributed by atoms with Crippen molar-refractivity contribution in [2.24, 2.45) is 0 Å². The third-order valence-corrected chi connectivity index (χ3v) is 1.97. The van der Waals surface area contributed by atoms with Crippen LogP contribution in [0.4, 0.5) is 0 Å².